The molecule has 0 aromatic heterocycles. The Hall–Kier alpha value is -1.59. The highest BCUT2D eigenvalue weighted by molar-refractivity contribution is 7.52. The Kier molecular flexibility index (Phi) is 4.36. The molecule has 2 aromatic carbocycles. The zero-order valence-electron chi connectivity index (χ0n) is 12.1. The van der Waals surface area contributed by atoms with Crippen molar-refractivity contribution in [3.05, 3.63) is 54.1 Å². The Morgan fingerprint density at radius 1 is 1.23 bits per heavy atom. The van der Waals surface area contributed by atoms with E-state index in [9.17, 15) is 9.46 Å². The standard InChI is InChI=1S/C15H16BO5P/c1-19-22(17,18)10-15-13-8-7-12(9-14(13)16-21-15)20-11-5-3-2-4-6-11/h2-9,15-16H,10H2,1H3,(H,17,18). The number of ether oxygens (including phenoxy) is 1. The third-order valence-electron chi connectivity index (χ3n) is 3.56. The third kappa shape index (κ3) is 3.42. The summed E-state index contributed by atoms with van der Waals surface area (Å²) >= 11 is 0. The average molecular weight is 318 g/mol. The van der Waals surface area contributed by atoms with E-state index in [0.29, 0.717) is 13.2 Å². The molecule has 114 valence electrons. The van der Waals surface area contributed by atoms with Crippen molar-refractivity contribution in [3.8, 4) is 11.5 Å². The second-order valence-corrected chi connectivity index (χ2v) is 7.08. The molecule has 0 bridgehead atoms. The quantitative estimate of drug-likeness (QED) is 0.677. The molecule has 0 fully saturated rings. The molecular formula is C15H16BO5P. The highest BCUT2D eigenvalue weighted by Gasteiger charge is 2.31. The van der Waals surface area contributed by atoms with Crippen LogP contribution in [-0.2, 0) is 13.7 Å². The van der Waals surface area contributed by atoms with Crippen LogP contribution in [0.1, 0.15) is 11.7 Å². The number of hydrogen-bond donors (Lipinski definition) is 1. The molecule has 2 unspecified atom stereocenters. The van der Waals surface area contributed by atoms with Crippen molar-refractivity contribution in [1.82, 2.24) is 0 Å². The van der Waals surface area contributed by atoms with Crippen LogP contribution in [-0.4, -0.2) is 25.6 Å². The molecule has 1 heterocycles. The van der Waals surface area contributed by atoms with E-state index >= 15 is 0 Å². The van der Waals surface area contributed by atoms with E-state index in [1.54, 1.807) is 0 Å². The fraction of sp³-hybridized carbons (Fsp3) is 0.200. The van der Waals surface area contributed by atoms with Gasteiger partial charge < -0.3 is 18.8 Å². The van der Waals surface area contributed by atoms with E-state index < -0.39 is 13.7 Å². The minimum atomic E-state index is -3.60. The van der Waals surface area contributed by atoms with Gasteiger partial charge in [0.2, 0.25) is 0 Å². The topological polar surface area (TPSA) is 65.0 Å². The summed E-state index contributed by atoms with van der Waals surface area (Å²) in [6, 6.07) is 15.1. The van der Waals surface area contributed by atoms with Crippen molar-refractivity contribution < 1.29 is 23.4 Å². The molecule has 0 saturated heterocycles. The van der Waals surface area contributed by atoms with E-state index in [-0.39, 0.29) is 6.16 Å². The normalized spacial score (nSPS) is 19.1. The van der Waals surface area contributed by atoms with Gasteiger partial charge in [0.15, 0.2) is 0 Å². The van der Waals surface area contributed by atoms with E-state index in [1.165, 1.54) is 7.11 Å². The maximum atomic E-state index is 11.7. The van der Waals surface area contributed by atoms with Gasteiger partial charge in [0.05, 0.1) is 12.3 Å². The Morgan fingerprint density at radius 2 is 2.00 bits per heavy atom. The van der Waals surface area contributed by atoms with Gasteiger partial charge in [-0.2, -0.15) is 0 Å². The summed E-state index contributed by atoms with van der Waals surface area (Å²) in [6.07, 6.45) is -0.466. The van der Waals surface area contributed by atoms with Crippen LogP contribution in [0.5, 0.6) is 11.5 Å². The minimum absolute atomic E-state index is 0.0462. The lowest BCUT2D eigenvalue weighted by Gasteiger charge is -2.16. The largest absolute Gasteiger partial charge is 0.457 e. The molecule has 22 heavy (non-hydrogen) atoms. The van der Waals surface area contributed by atoms with Crippen LogP contribution in [0.2, 0.25) is 0 Å². The van der Waals surface area contributed by atoms with Crippen LogP contribution in [0.15, 0.2) is 48.5 Å². The predicted molar refractivity (Wildman–Crippen MR) is 85.3 cm³/mol. The van der Waals surface area contributed by atoms with Crippen LogP contribution < -0.4 is 10.2 Å². The van der Waals surface area contributed by atoms with Gasteiger partial charge in [-0.25, -0.2) is 0 Å². The fourth-order valence-electron chi connectivity index (χ4n) is 2.42. The van der Waals surface area contributed by atoms with Crippen LogP contribution in [0.25, 0.3) is 0 Å². The third-order valence-corrected chi connectivity index (χ3v) is 4.93. The Labute approximate surface area is 129 Å². The van der Waals surface area contributed by atoms with Crippen molar-refractivity contribution in [2.24, 2.45) is 0 Å². The van der Waals surface area contributed by atoms with Gasteiger partial charge in [-0.1, -0.05) is 24.3 Å². The maximum Gasteiger partial charge on any atom is 0.330 e. The summed E-state index contributed by atoms with van der Waals surface area (Å²) in [5.41, 5.74) is 1.88. The molecule has 5 nitrogen and oxygen atoms in total. The minimum Gasteiger partial charge on any atom is -0.457 e. The van der Waals surface area contributed by atoms with Gasteiger partial charge in [0.25, 0.3) is 0 Å². The summed E-state index contributed by atoms with van der Waals surface area (Å²) in [6.45, 7) is 0. The molecule has 0 aliphatic carbocycles. The molecule has 0 spiro atoms. The molecule has 1 aliphatic heterocycles. The number of benzene rings is 2. The molecule has 7 heteroatoms. The second kappa shape index (κ2) is 6.27. The van der Waals surface area contributed by atoms with Gasteiger partial charge >= 0.3 is 15.1 Å². The molecule has 2 atom stereocenters. The fourth-order valence-corrected chi connectivity index (χ4v) is 3.29. The number of fused-ring (bicyclic) bond motifs is 1. The first-order valence-corrected chi connectivity index (χ1v) is 8.68. The van der Waals surface area contributed by atoms with E-state index in [0.717, 1.165) is 16.8 Å². The van der Waals surface area contributed by atoms with E-state index in [4.69, 9.17) is 9.39 Å². The summed E-state index contributed by atoms with van der Waals surface area (Å²) in [7, 11) is -1.97. The Morgan fingerprint density at radius 3 is 2.73 bits per heavy atom. The van der Waals surface area contributed by atoms with Crippen LogP contribution in [0.3, 0.4) is 0 Å². The predicted octanol–water partition coefficient (Wildman–Crippen LogP) is 2.36. The first kappa shape index (κ1) is 15.3. The van der Waals surface area contributed by atoms with Crippen molar-refractivity contribution in [2.45, 2.75) is 6.10 Å². The Balaban J connectivity index is 1.77. The van der Waals surface area contributed by atoms with Gasteiger partial charge in [0, 0.05) is 7.11 Å². The van der Waals surface area contributed by atoms with Gasteiger partial charge in [-0.3, -0.25) is 4.57 Å². The molecule has 0 radical (unpaired) electrons. The Bertz CT molecular complexity index is 706. The van der Waals surface area contributed by atoms with Gasteiger partial charge in [0.1, 0.15) is 11.5 Å². The smallest absolute Gasteiger partial charge is 0.330 e. The molecule has 1 N–H and O–H groups in total. The zero-order chi connectivity index (χ0) is 15.6. The molecule has 1 aliphatic rings. The summed E-state index contributed by atoms with van der Waals surface area (Å²) in [5, 5.41) is 0. The van der Waals surface area contributed by atoms with Gasteiger partial charge in [-0.15, -0.1) is 0 Å². The summed E-state index contributed by atoms with van der Waals surface area (Å²) < 4.78 is 27.7. The van der Waals surface area contributed by atoms with E-state index in [2.05, 4.69) is 4.52 Å². The second-order valence-electron chi connectivity index (χ2n) is 5.08. The van der Waals surface area contributed by atoms with Crippen molar-refractivity contribution in [3.63, 3.8) is 0 Å². The number of hydrogen-bond acceptors (Lipinski definition) is 4. The molecular weight excluding hydrogens is 302 g/mol. The highest BCUT2D eigenvalue weighted by atomic mass is 31.2. The molecule has 0 saturated carbocycles. The SMILES string of the molecule is COP(=O)(O)CC1OBc2cc(Oc3ccccc3)ccc21. The average Bonchev–Trinajstić information content (AvgIpc) is 2.90. The lowest BCUT2D eigenvalue weighted by Crippen LogP contribution is -2.11. The first-order chi connectivity index (χ1) is 10.6. The van der Waals surface area contributed by atoms with E-state index in [1.807, 2.05) is 48.5 Å². The lowest BCUT2D eigenvalue weighted by molar-refractivity contribution is 0.237. The van der Waals surface area contributed by atoms with Crippen molar-refractivity contribution >= 4 is 20.5 Å². The lowest BCUT2D eigenvalue weighted by atomic mass is 9.86. The van der Waals surface area contributed by atoms with Crippen LogP contribution in [0, 0.1) is 0 Å². The molecule has 0 amide bonds. The van der Waals surface area contributed by atoms with Crippen LogP contribution in [0.4, 0.5) is 0 Å². The highest BCUT2D eigenvalue weighted by Crippen LogP contribution is 2.46. The van der Waals surface area contributed by atoms with Crippen molar-refractivity contribution in [2.75, 3.05) is 13.3 Å². The summed E-state index contributed by atoms with van der Waals surface area (Å²) in [5.74, 6) is 1.48. The molecule has 3 rings (SSSR count). The monoisotopic (exact) mass is 318 g/mol. The van der Waals surface area contributed by atoms with Gasteiger partial charge in [-0.05, 0) is 35.3 Å². The summed E-state index contributed by atoms with van der Waals surface area (Å²) in [4.78, 5) is 9.59. The molecule has 2 aromatic rings. The number of rotatable bonds is 5. The maximum absolute atomic E-state index is 11.7. The first-order valence-electron chi connectivity index (χ1n) is 6.92. The van der Waals surface area contributed by atoms with Crippen molar-refractivity contribution in [1.29, 1.82) is 0 Å². The van der Waals surface area contributed by atoms with Crippen LogP contribution >= 0.6 is 7.60 Å². The number of para-hydroxylation sites is 1. The zero-order valence-corrected chi connectivity index (χ0v) is 13.0.